The molecule has 1 heterocycles. The number of nitrogens with one attached hydrogen (secondary N) is 1. The third kappa shape index (κ3) is 6.47. The summed E-state index contributed by atoms with van der Waals surface area (Å²) in [6, 6.07) is 0. The highest BCUT2D eigenvalue weighted by Crippen LogP contribution is 2.07. The molecular weight excluding hydrogens is 210 g/mol. The Bertz CT molecular complexity index is 320. The molecule has 1 rings (SSSR count). The van der Waals surface area contributed by atoms with Crippen LogP contribution in [-0.4, -0.2) is 15.3 Å². The highest BCUT2D eigenvalue weighted by molar-refractivity contribution is 5.03. The summed E-state index contributed by atoms with van der Waals surface area (Å²) >= 11 is 0. The molecule has 0 aliphatic rings. The maximum absolute atomic E-state index is 4.39. The van der Waals surface area contributed by atoms with Crippen molar-refractivity contribution in [3.8, 4) is 0 Å². The van der Waals surface area contributed by atoms with Crippen molar-refractivity contribution in [3.63, 3.8) is 0 Å². The molecule has 1 N–H and O–H groups in total. The van der Waals surface area contributed by atoms with Gasteiger partial charge in [-0.15, -0.1) is 0 Å². The lowest BCUT2D eigenvalue weighted by molar-refractivity contribution is 0.424. The first-order valence-corrected chi connectivity index (χ1v) is 6.63. The largest absolute Gasteiger partial charge is 0.308 e. The van der Waals surface area contributed by atoms with E-state index >= 15 is 0 Å². The average Bonchev–Trinajstić information content (AvgIpc) is 2.61. The average molecular weight is 237 g/mol. The molecule has 3 heteroatoms. The lowest BCUT2D eigenvalue weighted by Crippen LogP contribution is -2.34. The van der Waals surface area contributed by atoms with Gasteiger partial charge in [0, 0.05) is 30.4 Å². The van der Waals surface area contributed by atoms with Crippen molar-refractivity contribution >= 4 is 0 Å². The molecule has 3 nitrogen and oxygen atoms in total. The number of hydrogen-bond acceptors (Lipinski definition) is 2. The molecule has 17 heavy (non-hydrogen) atoms. The van der Waals surface area contributed by atoms with Crippen molar-refractivity contribution in [3.05, 3.63) is 18.0 Å². The van der Waals surface area contributed by atoms with Crippen LogP contribution in [0.5, 0.6) is 0 Å². The van der Waals surface area contributed by atoms with Gasteiger partial charge in [0.2, 0.25) is 0 Å². The van der Waals surface area contributed by atoms with Crippen molar-refractivity contribution in [1.29, 1.82) is 0 Å². The van der Waals surface area contributed by atoms with E-state index in [0.717, 1.165) is 19.0 Å². The number of aryl methyl sites for hydroxylation is 1. The topological polar surface area (TPSA) is 29.9 Å². The predicted octanol–water partition coefficient (Wildman–Crippen LogP) is 3.21. The van der Waals surface area contributed by atoms with Gasteiger partial charge in [-0.05, 0) is 39.5 Å². The Morgan fingerprint density at radius 1 is 1.35 bits per heavy atom. The molecule has 0 amide bonds. The van der Waals surface area contributed by atoms with Gasteiger partial charge in [-0.3, -0.25) is 4.68 Å². The first-order chi connectivity index (χ1) is 7.87. The van der Waals surface area contributed by atoms with E-state index in [2.05, 4.69) is 55.9 Å². The van der Waals surface area contributed by atoms with E-state index in [1.165, 1.54) is 18.4 Å². The van der Waals surface area contributed by atoms with Gasteiger partial charge in [0.15, 0.2) is 0 Å². The van der Waals surface area contributed by atoms with Crippen molar-refractivity contribution < 1.29 is 0 Å². The molecular formula is C14H27N3. The van der Waals surface area contributed by atoms with Crippen LogP contribution >= 0.6 is 0 Å². The second-order valence-electron chi connectivity index (χ2n) is 6.25. The van der Waals surface area contributed by atoms with Gasteiger partial charge in [0.1, 0.15) is 0 Å². The minimum atomic E-state index is 0.166. The van der Waals surface area contributed by atoms with Crippen LogP contribution in [0.4, 0.5) is 0 Å². The van der Waals surface area contributed by atoms with Gasteiger partial charge < -0.3 is 5.32 Å². The summed E-state index contributed by atoms with van der Waals surface area (Å²) < 4.78 is 2.06. The molecule has 0 aliphatic carbocycles. The lowest BCUT2D eigenvalue weighted by Gasteiger charge is -2.19. The Morgan fingerprint density at radius 2 is 2.06 bits per heavy atom. The molecule has 0 spiro atoms. The normalized spacial score (nSPS) is 12.4. The number of nitrogens with zero attached hydrogens (tertiary/aromatic N) is 2. The summed E-state index contributed by atoms with van der Waals surface area (Å²) in [7, 11) is 0. The minimum Gasteiger partial charge on any atom is -0.308 e. The van der Waals surface area contributed by atoms with Crippen LogP contribution < -0.4 is 5.32 Å². The molecule has 0 fully saturated rings. The van der Waals surface area contributed by atoms with Crippen LogP contribution in [0, 0.1) is 5.92 Å². The predicted molar refractivity (Wildman–Crippen MR) is 72.9 cm³/mol. The van der Waals surface area contributed by atoms with Crippen LogP contribution in [0.1, 0.15) is 53.0 Å². The maximum atomic E-state index is 4.39. The van der Waals surface area contributed by atoms with Crippen molar-refractivity contribution in [1.82, 2.24) is 15.1 Å². The molecule has 0 aromatic carbocycles. The number of rotatable bonds is 6. The van der Waals surface area contributed by atoms with Crippen LogP contribution in [0.3, 0.4) is 0 Å². The fraction of sp³-hybridized carbons (Fsp3) is 0.786. The van der Waals surface area contributed by atoms with Gasteiger partial charge in [0.25, 0.3) is 0 Å². The van der Waals surface area contributed by atoms with Gasteiger partial charge in [-0.1, -0.05) is 13.8 Å². The molecule has 98 valence electrons. The zero-order valence-corrected chi connectivity index (χ0v) is 12.0. The third-order valence-corrected chi connectivity index (χ3v) is 2.68. The smallest absolute Gasteiger partial charge is 0.0534 e. The van der Waals surface area contributed by atoms with E-state index in [1.54, 1.807) is 0 Å². The number of aromatic nitrogens is 2. The van der Waals surface area contributed by atoms with E-state index in [4.69, 9.17) is 0 Å². The molecule has 0 saturated heterocycles. The van der Waals surface area contributed by atoms with Gasteiger partial charge in [0.05, 0.1) is 6.20 Å². The van der Waals surface area contributed by atoms with Crippen LogP contribution in [0.2, 0.25) is 0 Å². The molecule has 1 aromatic heterocycles. The fourth-order valence-corrected chi connectivity index (χ4v) is 1.65. The first-order valence-electron chi connectivity index (χ1n) is 6.63. The van der Waals surface area contributed by atoms with Crippen molar-refractivity contribution in [2.45, 2.75) is 66.1 Å². The first kappa shape index (κ1) is 14.2. The van der Waals surface area contributed by atoms with Crippen LogP contribution in [-0.2, 0) is 13.1 Å². The van der Waals surface area contributed by atoms with E-state index < -0.39 is 0 Å². The molecule has 0 radical (unpaired) electrons. The standard InChI is InChI=1S/C14H27N3/c1-12(2)7-6-8-17-11-13(10-16-17)9-15-14(3,4)5/h10-12,15H,6-9H2,1-5H3. The molecule has 1 aromatic rings. The highest BCUT2D eigenvalue weighted by atomic mass is 15.3. The Hall–Kier alpha value is -0.830. The Labute approximate surface area is 106 Å². The SMILES string of the molecule is CC(C)CCCn1cc(CNC(C)(C)C)cn1. The van der Waals surface area contributed by atoms with E-state index in [0.29, 0.717) is 0 Å². The summed E-state index contributed by atoms with van der Waals surface area (Å²) in [6.07, 6.45) is 6.61. The van der Waals surface area contributed by atoms with Gasteiger partial charge in [-0.25, -0.2) is 0 Å². The monoisotopic (exact) mass is 237 g/mol. The van der Waals surface area contributed by atoms with Crippen LogP contribution in [0.25, 0.3) is 0 Å². The molecule has 0 aliphatic heterocycles. The second kappa shape index (κ2) is 6.20. The third-order valence-electron chi connectivity index (χ3n) is 2.68. The second-order valence-corrected chi connectivity index (χ2v) is 6.25. The summed E-state index contributed by atoms with van der Waals surface area (Å²) in [6.45, 7) is 13.0. The van der Waals surface area contributed by atoms with Gasteiger partial charge >= 0.3 is 0 Å². The minimum absolute atomic E-state index is 0.166. The Morgan fingerprint density at radius 3 is 2.65 bits per heavy atom. The molecule has 0 atom stereocenters. The maximum Gasteiger partial charge on any atom is 0.0534 e. The zero-order valence-electron chi connectivity index (χ0n) is 12.0. The zero-order chi connectivity index (χ0) is 12.9. The van der Waals surface area contributed by atoms with Crippen molar-refractivity contribution in [2.75, 3.05) is 0 Å². The van der Waals surface area contributed by atoms with E-state index in [-0.39, 0.29) is 5.54 Å². The fourth-order valence-electron chi connectivity index (χ4n) is 1.65. The lowest BCUT2D eigenvalue weighted by atomic mass is 10.1. The highest BCUT2D eigenvalue weighted by Gasteiger charge is 2.09. The Kier molecular flexibility index (Phi) is 5.19. The summed E-state index contributed by atoms with van der Waals surface area (Å²) in [5, 5.41) is 7.86. The quantitative estimate of drug-likeness (QED) is 0.823. The summed E-state index contributed by atoms with van der Waals surface area (Å²) in [5.41, 5.74) is 1.43. The number of hydrogen-bond donors (Lipinski definition) is 1. The summed E-state index contributed by atoms with van der Waals surface area (Å²) in [4.78, 5) is 0. The van der Waals surface area contributed by atoms with Gasteiger partial charge in [-0.2, -0.15) is 5.10 Å². The van der Waals surface area contributed by atoms with Crippen molar-refractivity contribution in [2.24, 2.45) is 5.92 Å². The Balaban J connectivity index is 2.32. The summed E-state index contributed by atoms with van der Waals surface area (Å²) in [5.74, 6) is 0.785. The van der Waals surface area contributed by atoms with E-state index in [1.807, 2.05) is 6.20 Å². The molecule has 0 unspecified atom stereocenters. The molecule has 0 saturated carbocycles. The molecule has 0 bridgehead atoms. The van der Waals surface area contributed by atoms with Crippen LogP contribution in [0.15, 0.2) is 12.4 Å². The van der Waals surface area contributed by atoms with E-state index in [9.17, 15) is 0 Å².